The van der Waals surface area contributed by atoms with Gasteiger partial charge < -0.3 is 4.74 Å². The zero-order chi connectivity index (χ0) is 8.48. The zero-order valence-corrected chi connectivity index (χ0v) is 6.93. The van der Waals surface area contributed by atoms with Gasteiger partial charge in [-0.25, -0.2) is 12.7 Å². The minimum Gasteiger partial charge on any atom is -0.359 e. The van der Waals surface area contributed by atoms with Gasteiger partial charge in [-0.15, -0.1) is 0 Å². The summed E-state index contributed by atoms with van der Waals surface area (Å²) in [6.45, 7) is 1.23. The first-order valence-electron chi connectivity index (χ1n) is 3.13. The maximum absolute atomic E-state index is 11.0. The van der Waals surface area contributed by atoms with Crippen molar-refractivity contribution >= 4 is 15.9 Å². The molecule has 0 aromatic carbocycles. The van der Waals surface area contributed by atoms with E-state index in [-0.39, 0.29) is 19.1 Å². The highest BCUT2D eigenvalue weighted by molar-refractivity contribution is 7.89. The van der Waals surface area contributed by atoms with Gasteiger partial charge in [0.15, 0.2) is 0 Å². The van der Waals surface area contributed by atoms with Gasteiger partial charge in [-0.3, -0.25) is 4.79 Å². The van der Waals surface area contributed by atoms with E-state index in [1.165, 1.54) is 6.92 Å². The lowest BCUT2D eigenvalue weighted by Gasteiger charge is -2.24. The van der Waals surface area contributed by atoms with Crippen molar-refractivity contribution in [2.24, 2.45) is 0 Å². The van der Waals surface area contributed by atoms with E-state index in [0.717, 1.165) is 4.31 Å². The van der Waals surface area contributed by atoms with Crippen LogP contribution < -0.4 is 0 Å². The van der Waals surface area contributed by atoms with E-state index < -0.39 is 15.9 Å². The van der Waals surface area contributed by atoms with Gasteiger partial charge in [0, 0.05) is 6.92 Å². The monoisotopic (exact) mass is 179 g/mol. The Kier molecular flexibility index (Phi) is 2.15. The lowest BCUT2D eigenvalue weighted by atomic mass is 10.7. The SMILES string of the molecule is CC(=O)N1COCCS1(=O)=O. The molecule has 6 heteroatoms. The second kappa shape index (κ2) is 2.78. The zero-order valence-electron chi connectivity index (χ0n) is 6.11. The Bertz CT molecular complexity index is 258. The Morgan fingerprint density at radius 1 is 1.55 bits per heavy atom. The molecule has 5 nitrogen and oxygen atoms in total. The van der Waals surface area contributed by atoms with Gasteiger partial charge in [0.1, 0.15) is 6.73 Å². The minimum absolute atomic E-state index is 0.105. The van der Waals surface area contributed by atoms with Crippen LogP contribution in [0.15, 0.2) is 0 Å². The van der Waals surface area contributed by atoms with Crippen LogP contribution in [-0.2, 0) is 19.6 Å². The smallest absolute Gasteiger partial charge is 0.241 e. The summed E-state index contributed by atoms with van der Waals surface area (Å²) in [5, 5.41) is 0. The Labute approximate surface area is 65.0 Å². The van der Waals surface area contributed by atoms with Crippen LogP contribution in [0.2, 0.25) is 0 Å². The number of hydrogen-bond donors (Lipinski definition) is 0. The molecule has 1 saturated heterocycles. The normalized spacial score (nSPS) is 23.2. The quantitative estimate of drug-likeness (QED) is 0.486. The second-order valence-electron chi connectivity index (χ2n) is 2.22. The molecule has 0 saturated carbocycles. The van der Waals surface area contributed by atoms with Crippen LogP contribution in [0.25, 0.3) is 0 Å². The average molecular weight is 179 g/mol. The second-order valence-corrected chi connectivity index (χ2v) is 4.23. The van der Waals surface area contributed by atoms with E-state index in [1.54, 1.807) is 0 Å². The Hall–Kier alpha value is -0.620. The molecule has 0 radical (unpaired) electrons. The fraction of sp³-hybridized carbons (Fsp3) is 0.800. The summed E-state index contributed by atoms with van der Waals surface area (Å²) in [5.74, 6) is -0.600. The van der Waals surface area contributed by atoms with Crippen molar-refractivity contribution in [3.63, 3.8) is 0 Å². The molecule has 0 aromatic rings. The predicted molar refractivity (Wildman–Crippen MR) is 37.1 cm³/mol. The number of rotatable bonds is 0. The van der Waals surface area contributed by atoms with Gasteiger partial charge in [-0.1, -0.05) is 0 Å². The molecule has 0 aromatic heterocycles. The molecule has 1 aliphatic rings. The summed E-state index contributed by atoms with van der Waals surface area (Å²) < 4.78 is 27.6. The summed E-state index contributed by atoms with van der Waals surface area (Å²) in [6.07, 6.45) is 0. The molecule has 1 amide bonds. The van der Waals surface area contributed by atoms with Crippen LogP contribution in [0.5, 0.6) is 0 Å². The van der Waals surface area contributed by atoms with Crippen molar-refractivity contribution in [3.8, 4) is 0 Å². The first-order valence-corrected chi connectivity index (χ1v) is 4.74. The molecule has 0 atom stereocenters. The Morgan fingerprint density at radius 3 is 2.55 bits per heavy atom. The number of ether oxygens (including phenoxy) is 1. The summed E-state index contributed by atoms with van der Waals surface area (Å²) in [5.41, 5.74) is 0. The topological polar surface area (TPSA) is 63.7 Å². The maximum Gasteiger partial charge on any atom is 0.241 e. The molecule has 1 aliphatic heterocycles. The van der Waals surface area contributed by atoms with Crippen molar-refractivity contribution in [1.82, 2.24) is 4.31 Å². The van der Waals surface area contributed by atoms with E-state index in [1.807, 2.05) is 0 Å². The lowest BCUT2D eigenvalue weighted by Crippen LogP contribution is -2.43. The molecule has 1 heterocycles. The first-order chi connectivity index (χ1) is 5.04. The molecule has 0 aliphatic carbocycles. The molecular weight excluding hydrogens is 170 g/mol. The van der Waals surface area contributed by atoms with E-state index in [0.29, 0.717) is 0 Å². The maximum atomic E-state index is 11.0. The number of sulfonamides is 1. The van der Waals surface area contributed by atoms with Crippen LogP contribution in [0.3, 0.4) is 0 Å². The molecule has 0 unspecified atom stereocenters. The molecule has 0 bridgehead atoms. The Morgan fingerprint density at radius 2 is 2.18 bits per heavy atom. The third-order valence-electron chi connectivity index (χ3n) is 1.38. The lowest BCUT2D eigenvalue weighted by molar-refractivity contribution is -0.128. The number of nitrogens with zero attached hydrogens (tertiary/aromatic N) is 1. The van der Waals surface area contributed by atoms with Crippen molar-refractivity contribution in [2.75, 3.05) is 19.1 Å². The van der Waals surface area contributed by atoms with E-state index in [2.05, 4.69) is 0 Å². The molecule has 64 valence electrons. The number of amides is 1. The number of hydrogen-bond acceptors (Lipinski definition) is 4. The van der Waals surface area contributed by atoms with E-state index in [9.17, 15) is 13.2 Å². The fourth-order valence-electron chi connectivity index (χ4n) is 0.789. The third-order valence-corrected chi connectivity index (χ3v) is 3.10. The molecular formula is C5H9NO4S. The first kappa shape index (κ1) is 8.48. The number of carbonyl (C=O) groups is 1. The summed E-state index contributed by atoms with van der Waals surface area (Å²) in [7, 11) is -3.36. The van der Waals surface area contributed by atoms with Crippen molar-refractivity contribution < 1.29 is 17.9 Å². The summed E-state index contributed by atoms with van der Waals surface area (Å²) >= 11 is 0. The highest BCUT2D eigenvalue weighted by Gasteiger charge is 2.28. The molecule has 1 rings (SSSR count). The standard InChI is InChI=1S/C5H9NO4S/c1-5(7)6-4-10-2-3-11(6,8)9/h2-4H2,1H3. The fourth-order valence-corrected chi connectivity index (χ4v) is 1.96. The third kappa shape index (κ3) is 1.69. The molecule has 0 N–H and O–H groups in total. The van der Waals surface area contributed by atoms with E-state index in [4.69, 9.17) is 4.74 Å². The van der Waals surface area contributed by atoms with Gasteiger partial charge in [-0.2, -0.15) is 0 Å². The van der Waals surface area contributed by atoms with Gasteiger partial charge in [0.05, 0.1) is 12.4 Å². The highest BCUT2D eigenvalue weighted by Crippen LogP contribution is 2.07. The molecule has 1 fully saturated rings. The van der Waals surface area contributed by atoms with Crippen LogP contribution >= 0.6 is 0 Å². The van der Waals surface area contributed by atoms with Crippen molar-refractivity contribution in [2.45, 2.75) is 6.92 Å². The summed E-state index contributed by atoms with van der Waals surface area (Å²) in [4.78, 5) is 10.7. The Balaban J connectivity index is 2.85. The highest BCUT2D eigenvalue weighted by atomic mass is 32.2. The molecule has 11 heavy (non-hydrogen) atoms. The van der Waals surface area contributed by atoms with Crippen molar-refractivity contribution in [3.05, 3.63) is 0 Å². The molecule has 0 spiro atoms. The average Bonchev–Trinajstić information content (AvgIpc) is 1.85. The van der Waals surface area contributed by atoms with E-state index >= 15 is 0 Å². The van der Waals surface area contributed by atoms with Crippen LogP contribution in [0.1, 0.15) is 6.92 Å². The largest absolute Gasteiger partial charge is 0.359 e. The van der Waals surface area contributed by atoms with Gasteiger partial charge >= 0.3 is 0 Å². The number of carbonyl (C=O) groups excluding carboxylic acids is 1. The van der Waals surface area contributed by atoms with Gasteiger partial charge in [-0.05, 0) is 0 Å². The predicted octanol–water partition coefficient (Wildman–Crippen LogP) is -0.848. The van der Waals surface area contributed by atoms with Crippen LogP contribution in [-0.4, -0.2) is 37.7 Å². The summed E-state index contributed by atoms with van der Waals surface area (Å²) in [6, 6.07) is 0. The minimum atomic E-state index is -3.36. The van der Waals surface area contributed by atoms with Crippen LogP contribution in [0, 0.1) is 0 Å². The van der Waals surface area contributed by atoms with Crippen molar-refractivity contribution in [1.29, 1.82) is 0 Å². The van der Waals surface area contributed by atoms with Crippen LogP contribution in [0.4, 0.5) is 0 Å². The van der Waals surface area contributed by atoms with Gasteiger partial charge in [0.25, 0.3) is 0 Å². The van der Waals surface area contributed by atoms with Gasteiger partial charge in [0.2, 0.25) is 15.9 Å².